The second-order valence-corrected chi connectivity index (χ2v) is 21.8. The number of aromatic hydroxyl groups is 1. The molecule has 6 N–H and O–H groups in total. The maximum Gasteiger partial charge on any atom is 0.246 e. The highest BCUT2D eigenvalue weighted by Gasteiger charge is 2.44. The van der Waals surface area contributed by atoms with Gasteiger partial charge in [0.25, 0.3) is 0 Å². The molecule has 0 bridgehead atoms. The van der Waals surface area contributed by atoms with Gasteiger partial charge in [-0.3, -0.25) is 24.6 Å². The monoisotopic (exact) mass is 1080 g/mol. The number of likely N-dealkylation sites (tertiary alicyclic amines) is 1. The minimum atomic E-state index is -1.00. The first-order valence-electron chi connectivity index (χ1n) is 25.3. The largest absolute Gasteiger partial charge is 0.508 e. The predicted octanol–water partition coefficient (Wildman–Crippen LogP) is 7.15. The molecule has 18 nitrogen and oxygen atoms in total. The molecular weight excluding hydrogens is 1010 g/mol. The number of phenolic OH excluding ortho intramolecular Hbond substituents is 1. The van der Waals surface area contributed by atoms with Crippen molar-refractivity contribution in [1.29, 1.82) is 5.41 Å². The number of rotatable bonds is 17. The van der Waals surface area contributed by atoms with Gasteiger partial charge in [0.05, 0.1) is 39.9 Å². The summed E-state index contributed by atoms with van der Waals surface area (Å²) in [6, 6.07) is 18.0. The van der Waals surface area contributed by atoms with E-state index in [1.807, 2.05) is 93.6 Å². The molecule has 0 aliphatic carbocycles. The van der Waals surface area contributed by atoms with E-state index in [2.05, 4.69) is 25.9 Å². The van der Waals surface area contributed by atoms with E-state index in [0.29, 0.717) is 53.7 Å². The molecule has 0 unspecified atom stereocenters. The Morgan fingerprint density at radius 2 is 1.74 bits per heavy atom. The topological polar surface area (TPSA) is 230 Å². The highest BCUT2D eigenvalue weighted by molar-refractivity contribution is 7.13. The van der Waals surface area contributed by atoms with Crippen molar-refractivity contribution in [3.8, 4) is 27.3 Å². The van der Waals surface area contributed by atoms with Gasteiger partial charge in [0, 0.05) is 89.6 Å². The molecule has 4 atom stereocenters. The highest BCUT2D eigenvalue weighted by atomic mass is 35.5. The van der Waals surface area contributed by atoms with Gasteiger partial charge in [-0.15, -0.1) is 11.3 Å². The molecule has 2 aliphatic rings. The smallest absolute Gasteiger partial charge is 0.246 e. The summed E-state index contributed by atoms with van der Waals surface area (Å²) in [5.41, 5.74) is 4.46. The van der Waals surface area contributed by atoms with E-state index in [9.17, 15) is 29.4 Å². The molecule has 6 aromatic rings. The molecule has 4 amide bonds. The Labute approximate surface area is 450 Å². The number of ether oxygens (including phenoxy) is 1. The Bertz CT molecular complexity index is 3150. The standard InChI is InChI=1S/C55H65ClFN11O7S/c1-31(34-12-14-35(15-13-34)49-32(2)60-30-76-49)61-51(58)43-26-38(71)28-68(43)53(74)50(55(4,5)6)62-44(72)29-75-23-22-65(7)45(73)16-17-59-54-63-48-41(52(64-54)67-20-18-66(19-21-67)33(3)69)27-42(56)46(47(48)57)40-25-37(70)24-36-10-8-9-11-39(36)40/h8-15,24-25,27,30-31,38,43,50,70-71H,16-23,26,28-29H2,1-7H3,(H2,58,61)(H,62,72)(H,59,63,64)/t31-,38+,43-,50+/m0/s1. The number of thiazole rings is 1. The summed E-state index contributed by atoms with van der Waals surface area (Å²) >= 11 is 8.46. The quantitative estimate of drug-likeness (QED) is 0.0303. The summed E-state index contributed by atoms with van der Waals surface area (Å²) in [5, 5.41) is 41.4. The number of carbonyl (C=O) groups excluding carboxylic acids is 4. The number of likely N-dealkylation sites (N-methyl/N-ethyl adjacent to an activating group) is 1. The number of nitrogens with one attached hydrogen (secondary N) is 4. The zero-order valence-corrected chi connectivity index (χ0v) is 45.3. The third-order valence-corrected chi connectivity index (χ3v) is 15.2. The number of anilines is 2. The van der Waals surface area contributed by atoms with Crippen LogP contribution in [-0.2, 0) is 23.9 Å². The first kappa shape index (κ1) is 55.2. The SMILES string of the molecule is CC(=O)N1CCN(c2nc(NCCC(=O)N(C)CCOCC(=O)N[C@H](C(=O)N3C[C@H](O)C[C@H]3C(=N)N[C@@H](C)c3ccc(-c4scnc4C)cc3)C(C)(C)C)nc3c(F)c(-c4cc(O)cc5ccccc45)c(Cl)cc23)CC1. The summed E-state index contributed by atoms with van der Waals surface area (Å²) in [4.78, 5) is 74.5. The number of phenols is 1. The number of fused-ring (bicyclic) bond motifs is 2. The molecule has 76 heavy (non-hydrogen) atoms. The number of aryl methyl sites for hydroxylation is 1. The molecule has 0 saturated carbocycles. The number of nitrogens with zero attached hydrogens (tertiary/aromatic N) is 7. The van der Waals surface area contributed by atoms with Crippen molar-refractivity contribution < 1.29 is 38.5 Å². The number of amidine groups is 1. The van der Waals surface area contributed by atoms with Gasteiger partial charge in [0.15, 0.2) is 5.82 Å². The Balaban J connectivity index is 0.857. The van der Waals surface area contributed by atoms with Crippen LogP contribution in [-0.4, -0.2) is 154 Å². The van der Waals surface area contributed by atoms with Gasteiger partial charge >= 0.3 is 0 Å². The number of aliphatic hydroxyl groups is 1. The molecule has 21 heteroatoms. The van der Waals surface area contributed by atoms with Gasteiger partial charge in [0.2, 0.25) is 29.6 Å². The second kappa shape index (κ2) is 23.5. The lowest BCUT2D eigenvalue weighted by Gasteiger charge is -2.36. The molecule has 0 radical (unpaired) electrons. The fourth-order valence-electron chi connectivity index (χ4n) is 9.71. The van der Waals surface area contributed by atoms with Gasteiger partial charge in [-0.05, 0) is 64.9 Å². The lowest BCUT2D eigenvalue weighted by atomic mass is 9.85. The van der Waals surface area contributed by atoms with Crippen molar-refractivity contribution in [3.63, 3.8) is 0 Å². The molecule has 4 aromatic carbocycles. The second-order valence-electron chi connectivity index (χ2n) is 20.5. The fraction of sp³-hybridized carbons (Fsp3) is 0.418. The number of benzene rings is 4. The average Bonchev–Trinajstić information content (AvgIpc) is 4.01. The van der Waals surface area contributed by atoms with Gasteiger partial charge in [-0.2, -0.15) is 4.98 Å². The normalized spacial score (nSPS) is 16.7. The van der Waals surface area contributed by atoms with Crippen LogP contribution in [0.1, 0.15) is 64.8 Å². The number of β-amino-alcohol motifs (C(OH)–C–C–N with tert-alkyl or cyclic N) is 1. The number of aliphatic hydroxyl groups excluding tert-OH is 1. The van der Waals surface area contributed by atoms with E-state index in [0.717, 1.165) is 21.7 Å². The van der Waals surface area contributed by atoms with Crippen LogP contribution in [0.4, 0.5) is 16.2 Å². The zero-order chi connectivity index (χ0) is 54.6. The van der Waals surface area contributed by atoms with E-state index in [4.69, 9.17) is 26.7 Å². The molecule has 8 rings (SSSR count). The van der Waals surface area contributed by atoms with E-state index >= 15 is 4.39 Å². The molecule has 0 spiro atoms. The minimum Gasteiger partial charge on any atom is -0.508 e. The Morgan fingerprint density at radius 3 is 2.42 bits per heavy atom. The zero-order valence-electron chi connectivity index (χ0n) is 43.7. The van der Waals surface area contributed by atoms with E-state index in [1.54, 1.807) is 35.4 Å². The highest BCUT2D eigenvalue weighted by Crippen LogP contribution is 2.42. The Hall–Kier alpha value is -7.00. The van der Waals surface area contributed by atoms with Crippen LogP contribution in [0.2, 0.25) is 5.02 Å². The van der Waals surface area contributed by atoms with Crippen molar-refractivity contribution in [2.24, 2.45) is 5.41 Å². The summed E-state index contributed by atoms with van der Waals surface area (Å²) in [7, 11) is 1.60. The van der Waals surface area contributed by atoms with Crippen molar-refractivity contribution in [3.05, 3.63) is 94.3 Å². The van der Waals surface area contributed by atoms with Gasteiger partial charge in [-0.25, -0.2) is 14.4 Å². The summed E-state index contributed by atoms with van der Waals surface area (Å²) < 4.78 is 22.7. The van der Waals surface area contributed by atoms with Crippen LogP contribution >= 0.6 is 22.9 Å². The van der Waals surface area contributed by atoms with E-state index in [-0.39, 0.29) is 97.2 Å². The molecule has 402 valence electrons. The number of hydrogen-bond acceptors (Lipinski definition) is 14. The third kappa shape index (κ3) is 12.5. The number of carbonyl (C=O) groups is 4. The van der Waals surface area contributed by atoms with Gasteiger partial charge in [-0.1, -0.05) is 80.9 Å². The maximum absolute atomic E-state index is 17.0. The number of halogens is 2. The molecule has 2 fully saturated rings. The van der Waals surface area contributed by atoms with Crippen molar-refractivity contribution in [1.82, 2.24) is 40.3 Å². The molecule has 2 aliphatic heterocycles. The Kier molecular flexibility index (Phi) is 17.1. The molecule has 2 saturated heterocycles. The number of amides is 4. The number of aromatic nitrogens is 3. The summed E-state index contributed by atoms with van der Waals surface area (Å²) in [5.74, 6) is -1.49. The van der Waals surface area contributed by atoms with Crippen LogP contribution in [0, 0.1) is 23.6 Å². The number of piperazine rings is 1. The average molecular weight is 1080 g/mol. The van der Waals surface area contributed by atoms with E-state index < -0.39 is 41.2 Å². The lowest BCUT2D eigenvalue weighted by Crippen LogP contribution is -2.58. The van der Waals surface area contributed by atoms with Crippen molar-refractivity contribution in [2.75, 3.05) is 76.3 Å². The van der Waals surface area contributed by atoms with Crippen molar-refractivity contribution in [2.45, 2.75) is 78.6 Å². The van der Waals surface area contributed by atoms with Crippen LogP contribution in [0.25, 0.3) is 43.2 Å². The third-order valence-electron chi connectivity index (χ3n) is 14.0. The fourth-order valence-corrected chi connectivity index (χ4v) is 10.8. The van der Waals surface area contributed by atoms with Crippen LogP contribution < -0.4 is 20.9 Å². The first-order chi connectivity index (χ1) is 36.2. The van der Waals surface area contributed by atoms with Gasteiger partial charge < -0.3 is 50.5 Å². The maximum atomic E-state index is 17.0. The lowest BCUT2D eigenvalue weighted by molar-refractivity contribution is -0.141. The van der Waals surface area contributed by atoms with Crippen molar-refractivity contribution >= 4 is 85.8 Å². The number of hydrogen-bond donors (Lipinski definition) is 6. The molecule has 4 heterocycles. The van der Waals surface area contributed by atoms with Crippen LogP contribution in [0.15, 0.2) is 72.2 Å². The minimum absolute atomic E-state index is 0.00298. The van der Waals surface area contributed by atoms with Crippen LogP contribution in [0.3, 0.4) is 0 Å². The summed E-state index contributed by atoms with van der Waals surface area (Å²) in [6.07, 6.45) is -0.683. The summed E-state index contributed by atoms with van der Waals surface area (Å²) in [6.45, 7) is 12.5. The Morgan fingerprint density at radius 1 is 1.01 bits per heavy atom. The van der Waals surface area contributed by atoms with E-state index in [1.165, 1.54) is 22.8 Å². The van der Waals surface area contributed by atoms with Crippen LogP contribution in [0.5, 0.6) is 5.75 Å². The molecule has 2 aromatic heterocycles. The van der Waals surface area contributed by atoms with Gasteiger partial charge in [0.1, 0.15) is 35.6 Å². The molecular formula is C55H65ClFN11O7S. The first-order valence-corrected chi connectivity index (χ1v) is 26.6. The predicted molar refractivity (Wildman–Crippen MR) is 294 cm³/mol.